The maximum Gasteiger partial charge on any atom is 0.0401 e. The second-order valence-corrected chi connectivity index (χ2v) is 5.48. The first kappa shape index (κ1) is 14.4. The van der Waals surface area contributed by atoms with Crippen molar-refractivity contribution >= 4 is 5.69 Å². The average molecular weight is 260 g/mol. The van der Waals surface area contributed by atoms with Crippen LogP contribution < -0.4 is 10.2 Å². The van der Waals surface area contributed by atoms with Gasteiger partial charge in [-0.3, -0.25) is 0 Å². The van der Waals surface area contributed by atoms with Crippen LogP contribution in [0.4, 0.5) is 5.69 Å². The highest BCUT2D eigenvalue weighted by Gasteiger charge is 2.21. The van der Waals surface area contributed by atoms with Crippen molar-refractivity contribution < 1.29 is 0 Å². The summed E-state index contributed by atoms with van der Waals surface area (Å²) in [5.74, 6) is 0. The first-order valence-electron chi connectivity index (χ1n) is 7.89. The Morgan fingerprint density at radius 1 is 1.21 bits per heavy atom. The number of fused-ring (bicyclic) bond motifs is 1. The number of hydrogen-bond acceptors (Lipinski definition) is 2. The Morgan fingerprint density at radius 2 is 2.00 bits per heavy atom. The molecule has 1 unspecified atom stereocenters. The summed E-state index contributed by atoms with van der Waals surface area (Å²) >= 11 is 0. The number of nitrogens with zero attached hydrogens (tertiary/aromatic N) is 1. The van der Waals surface area contributed by atoms with E-state index in [1.54, 1.807) is 11.1 Å². The zero-order valence-corrected chi connectivity index (χ0v) is 12.7. The van der Waals surface area contributed by atoms with Crippen molar-refractivity contribution in [1.82, 2.24) is 5.32 Å². The van der Waals surface area contributed by atoms with E-state index in [1.807, 2.05) is 0 Å². The van der Waals surface area contributed by atoms with Gasteiger partial charge in [0.25, 0.3) is 0 Å². The predicted molar refractivity (Wildman–Crippen MR) is 84.1 cm³/mol. The molecule has 0 saturated carbocycles. The molecule has 0 radical (unpaired) electrons. The van der Waals surface area contributed by atoms with E-state index < -0.39 is 0 Å². The number of rotatable bonds is 6. The molecule has 0 bridgehead atoms. The lowest BCUT2D eigenvalue weighted by Crippen LogP contribution is -2.35. The molecule has 0 spiro atoms. The van der Waals surface area contributed by atoms with E-state index in [2.05, 4.69) is 49.2 Å². The van der Waals surface area contributed by atoms with Crippen LogP contribution in [0.3, 0.4) is 0 Å². The Balaban J connectivity index is 2.16. The Hall–Kier alpha value is -1.02. The summed E-state index contributed by atoms with van der Waals surface area (Å²) < 4.78 is 0. The molecule has 2 heteroatoms. The summed E-state index contributed by atoms with van der Waals surface area (Å²) in [6, 6.07) is 7.53. The number of hydrogen-bond donors (Lipinski definition) is 1. The normalized spacial score (nSPS) is 18.2. The third-order valence-corrected chi connectivity index (χ3v) is 4.24. The van der Waals surface area contributed by atoms with Gasteiger partial charge in [-0.2, -0.15) is 0 Å². The molecule has 1 aromatic rings. The smallest absolute Gasteiger partial charge is 0.0401 e. The van der Waals surface area contributed by atoms with E-state index in [9.17, 15) is 0 Å². The third-order valence-electron chi connectivity index (χ3n) is 4.24. The van der Waals surface area contributed by atoms with Crippen molar-refractivity contribution in [2.45, 2.75) is 52.5 Å². The lowest BCUT2D eigenvalue weighted by Gasteiger charge is -2.31. The van der Waals surface area contributed by atoms with Crippen LogP contribution in [-0.2, 0) is 12.8 Å². The van der Waals surface area contributed by atoms with Crippen LogP contribution in [0.15, 0.2) is 18.2 Å². The molecular weight excluding hydrogens is 232 g/mol. The van der Waals surface area contributed by atoms with Crippen molar-refractivity contribution in [3.05, 3.63) is 29.3 Å². The van der Waals surface area contributed by atoms with Gasteiger partial charge in [0.05, 0.1) is 0 Å². The molecule has 2 nitrogen and oxygen atoms in total. The maximum atomic E-state index is 3.68. The fourth-order valence-electron chi connectivity index (χ4n) is 3.17. The Labute approximate surface area is 118 Å². The highest BCUT2D eigenvalue weighted by molar-refractivity contribution is 5.57. The minimum Gasteiger partial charge on any atom is -0.372 e. The lowest BCUT2D eigenvalue weighted by molar-refractivity contribution is 0.459. The SMILES string of the molecule is CCCNC1CCc2c(cccc2N(CC)CC)C1. The molecular formula is C17H28N2. The summed E-state index contributed by atoms with van der Waals surface area (Å²) in [4.78, 5) is 2.48. The fraction of sp³-hybridized carbons (Fsp3) is 0.647. The van der Waals surface area contributed by atoms with E-state index in [0.717, 1.165) is 19.6 Å². The van der Waals surface area contributed by atoms with E-state index in [-0.39, 0.29) is 0 Å². The van der Waals surface area contributed by atoms with Crippen LogP contribution in [0, 0.1) is 0 Å². The number of anilines is 1. The van der Waals surface area contributed by atoms with Crippen LogP contribution in [-0.4, -0.2) is 25.7 Å². The summed E-state index contributed by atoms with van der Waals surface area (Å²) in [6.45, 7) is 10.1. The van der Waals surface area contributed by atoms with Crippen molar-refractivity contribution in [2.75, 3.05) is 24.5 Å². The predicted octanol–water partition coefficient (Wildman–Crippen LogP) is 3.39. The first-order chi connectivity index (χ1) is 9.30. The summed E-state index contributed by atoms with van der Waals surface area (Å²) in [6.07, 6.45) is 4.93. The average Bonchev–Trinajstić information content (AvgIpc) is 2.46. The molecule has 0 amide bonds. The monoisotopic (exact) mass is 260 g/mol. The summed E-state index contributed by atoms with van der Waals surface area (Å²) in [7, 11) is 0. The highest BCUT2D eigenvalue weighted by Crippen LogP contribution is 2.30. The van der Waals surface area contributed by atoms with Crippen LogP contribution in [0.25, 0.3) is 0 Å². The Kier molecular flexibility index (Phi) is 5.26. The molecule has 1 atom stereocenters. The number of nitrogens with one attached hydrogen (secondary N) is 1. The quantitative estimate of drug-likeness (QED) is 0.843. The molecule has 0 saturated heterocycles. The molecule has 106 valence electrons. The van der Waals surface area contributed by atoms with Gasteiger partial charge in [0.15, 0.2) is 0 Å². The van der Waals surface area contributed by atoms with Gasteiger partial charge in [-0.15, -0.1) is 0 Å². The zero-order chi connectivity index (χ0) is 13.7. The molecule has 1 aliphatic carbocycles. The molecule has 2 rings (SSSR count). The van der Waals surface area contributed by atoms with Gasteiger partial charge in [0, 0.05) is 24.8 Å². The van der Waals surface area contributed by atoms with Crippen LogP contribution >= 0.6 is 0 Å². The summed E-state index contributed by atoms with van der Waals surface area (Å²) in [5, 5.41) is 3.68. The van der Waals surface area contributed by atoms with Gasteiger partial charge in [-0.25, -0.2) is 0 Å². The molecule has 0 fully saturated rings. The second kappa shape index (κ2) is 6.95. The van der Waals surface area contributed by atoms with Crippen molar-refractivity contribution in [3.8, 4) is 0 Å². The van der Waals surface area contributed by atoms with E-state index in [4.69, 9.17) is 0 Å². The van der Waals surface area contributed by atoms with Gasteiger partial charge in [0.1, 0.15) is 0 Å². The highest BCUT2D eigenvalue weighted by atomic mass is 15.1. The van der Waals surface area contributed by atoms with Crippen LogP contribution in [0.5, 0.6) is 0 Å². The number of benzene rings is 1. The third kappa shape index (κ3) is 3.30. The van der Waals surface area contributed by atoms with Gasteiger partial charge < -0.3 is 10.2 Å². The molecule has 0 aromatic heterocycles. The Morgan fingerprint density at radius 3 is 2.68 bits per heavy atom. The summed E-state index contributed by atoms with van der Waals surface area (Å²) in [5.41, 5.74) is 4.63. The van der Waals surface area contributed by atoms with Gasteiger partial charge >= 0.3 is 0 Å². The zero-order valence-electron chi connectivity index (χ0n) is 12.7. The minimum absolute atomic E-state index is 0.680. The van der Waals surface area contributed by atoms with Gasteiger partial charge in [0.2, 0.25) is 0 Å². The molecule has 1 aliphatic rings. The van der Waals surface area contributed by atoms with E-state index >= 15 is 0 Å². The van der Waals surface area contributed by atoms with Crippen LogP contribution in [0.1, 0.15) is 44.7 Å². The molecule has 0 heterocycles. The van der Waals surface area contributed by atoms with E-state index in [1.165, 1.54) is 31.4 Å². The van der Waals surface area contributed by atoms with Crippen molar-refractivity contribution in [2.24, 2.45) is 0 Å². The van der Waals surface area contributed by atoms with E-state index in [0.29, 0.717) is 6.04 Å². The standard InChI is InChI=1S/C17H28N2/c1-4-12-18-15-10-11-16-14(13-15)8-7-9-17(16)19(5-2)6-3/h7-9,15,18H,4-6,10-13H2,1-3H3. The van der Waals surface area contributed by atoms with Crippen molar-refractivity contribution in [3.63, 3.8) is 0 Å². The minimum atomic E-state index is 0.680. The van der Waals surface area contributed by atoms with Crippen LogP contribution in [0.2, 0.25) is 0 Å². The maximum absolute atomic E-state index is 3.68. The Bertz CT molecular complexity index is 396. The largest absolute Gasteiger partial charge is 0.372 e. The topological polar surface area (TPSA) is 15.3 Å². The molecule has 1 aromatic carbocycles. The first-order valence-corrected chi connectivity index (χ1v) is 7.89. The molecule has 1 N–H and O–H groups in total. The molecule has 0 aliphatic heterocycles. The van der Waals surface area contributed by atoms with Gasteiger partial charge in [-0.1, -0.05) is 19.1 Å². The second-order valence-electron chi connectivity index (χ2n) is 5.48. The lowest BCUT2D eigenvalue weighted by atomic mass is 9.86. The van der Waals surface area contributed by atoms with Gasteiger partial charge in [-0.05, 0) is 63.3 Å². The fourth-order valence-corrected chi connectivity index (χ4v) is 3.17. The van der Waals surface area contributed by atoms with Crippen molar-refractivity contribution in [1.29, 1.82) is 0 Å². The molecule has 19 heavy (non-hydrogen) atoms.